The standard InChI is InChI=1S/C18H17F2NO3/c19-11-1-6-14(17(20)9-11)15-10-16(15)18(23)21-12-2-4-13(5-3-12)24-8-7-22/h1-6,9,15-16,22H,7-8,10H2,(H,21,23). The van der Waals surface area contributed by atoms with Crippen LogP contribution in [0.5, 0.6) is 5.75 Å². The lowest BCUT2D eigenvalue weighted by atomic mass is 10.1. The number of nitrogens with one attached hydrogen (secondary N) is 1. The summed E-state index contributed by atoms with van der Waals surface area (Å²) in [6.45, 7) is 0.139. The molecule has 1 saturated carbocycles. The zero-order valence-electron chi connectivity index (χ0n) is 12.8. The van der Waals surface area contributed by atoms with Gasteiger partial charge in [0.25, 0.3) is 0 Å². The van der Waals surface area contributed by atoms with E-state index >= 15 is 0 Å². The molecule has 24 heavy (non-hydrogen) atoms. The molecule has 3 rings (SSSR count). The highest BCUT2D eigenvalue weighted by Gasteiger charge is 2.45. The van der Waals surface area contributed by atoms with Crippen LogP contribution in [-0.2, 0) is 4.79 Å². The number of hydrogen-bond donors (Lipinski definition) is 2. The topological polar surface area (TPSA) is 58.6 Å². The van der Waals surface area contributed by atoms with Crippen molar-refractivity contribution in [3.63, 3.8) is 0 Å². The molecule has 2 unspecified atom stereocenters. The SMILES string of the molecule is O=C(Nc1ccc(OCCO)cc1)C1CC1c1ccc(F)cc1F. The quantitative estimate of drug-likeness (QED) is 0.854. The van der Waals surface area contributed by atoms with Gasteiger partial charge in [0.2, 0.25) is 5.91 Å². The van der Waals surface area contributed by atoms with Gasteiger partial charge in [-0.3, -0.25) is 4.79 Å². The van der Waals surface area contributed by atoms with Crippen LogP contribution in [0.15, 0.2) is 42.5 Å². The molecular formula is C18H17F2NO3. The fourth-order valence-electron chi connectivity index (χ4n) is 2.66. The highest BCUT2D eigenvalue weighted by Crippen LogP contribution is 2.48. The fraction of sp³-hybridized carbons (Fsp3) is 0.278. The average molecular weight is 333 g/mol. The van der Waals surface area contributed by atoms with Crippen LogP contribution < -0.4 is 10.1 Å². The summed E-state index contributed by atoms with van der Waals surface area (Å²) in [5.74, 6) is -1.34. The first-order chi connectivity index (χ1) is 11.6. The van der Waals surface area contributed by atoms with E-state index < -0.39 is 11.6 Å². The predicted octanol–water partition coefficient (Wildman–Crippen LogP) is 3.08. The summed E-state index contributed by atoms with van der Waals surface area (Å²) < 4.78 is 31.9. The number of carbonyl (C=O) groups excluding carboxylic acids is 1. The predicted molar refractivity (Wildman–Crippen MR) is 84.9 cm³/mol. The molecule has 0 aliphatic heterocycles. The number of amides is 1. The lowest BCUT2D eigenvalue weighted by Crippen LogP contribution is -2.14. The first-order valence-corrected chi connectivity index (χ1v) is 7.68. The van der Waals surface area contributed by atoms with Crippen molar-refractivity contribution in [2.24, 2.45) is 5.92 Å². The van der Waals surface area contributed by atoms with Gasteiger partial charge in [0.1, 0.15) is 24.0 Å². The Labute approximate surface area is 138 Å². The molecule has 0 saturated heterocycles. The average Bonchev–Trinajstić information content (AvgIpc) is 3.35. The summed E-state index contributed by atoms with van der Waals surface area (Å²) in [5, 5.41) is 11.5. The summed E-state index contributed by atoms with van der Waals surface area (Å²) >= 11 is 0. The van der Waals surface area contributed by atoms with Gasteiger partial charge in [-0.2, -0.15) is 0 Å². The van der Waals surface area contributed by atoms with Gasteiger partial charge in [-0.05, 0) is 48.2 Å². The molecule has 0 radical (unpaired) electrons. The van der Waals surface area contributed by atoms with Crippen molar-refractivity contribution in [3.05, 3.63) is 59.7 Å². The largest absolute Gasteiger partial charge is 0.491 e. The summed E-state index contributed by atoms with van der Waals surface area (Å²) in [6.07, 6.45) is 0.548. The van der Waals surface area contributed by atoms with E-state index in [0.29, 0.717) is 23.4 Å². The molecule has 1 aliphatic carbocycles. The maximum absolute atomic E-state index is 13.7. The van der Waals surface area contributed by atoms with E-state index in [9.17, 15) is 13.6 Å². The second-order valence-electron chi connectivity index (χ2n) is 5.70. The van der Waals surface area contributed by atoms with E-state index in [2.05, 4.69) is 5.32 Å². The molecule has 2 atom stereocenters. The first-order valence-electron chi connectivity index (χ1n) is 7.68. The Bertz CT molecular complexity index is 734. The van der Waals surface area contributed by atoms with Crippen LogP contribution in [0.25, 0.3) is 0 Å². The molecule has 0 bridgehead atoms. The van der Waals surface area contributed by atoms with Crippen molar-refractivity contribution in [2.75, 3.05) is 18.5 Å². The molecule has 1 aliphatic rings. The lowest BCUT2D eigenvalue weighted by Gasteiger charge is -2.08. The number of carbonyl (C=O) groups is 1. The minimum absolute atomic E-state index is 0.0680. The Balaban J connectivity index is 1.58. The second kappa shape index (κ2) is 6.97. The van der Waals surface area contributed by atoms with Crippen LogP contribution in [0.2, 0.25) is 0 Å². The lowest BCUT2D eigenvalue weighted by molar-refractivity contribution is -0.117. The molecule has 2 aromatic carbocycles. The molecule has 1 amide bonds. The van der Waals surface area contributed by atoms with E-state index in [-0.39, 0.29) is 31.0 Å². The Morgan fingerprint density at radius 3 is 2.62 bits per heavy atom. The maximum atomic E-state index is 13.7. The van der Waals surface area contributed by atoms with Gasteiger partial charge >= 0.3 is 0 Å². The van der Waals surface area contributed by atoms with Crippen molar-refractivity contribution in [2.45, 2.75) is 12.3 Å². The van der Waals surface area contributed by atoms with Gasteiger partial charge in [0.05, 0.1) is 6.61 Å². The summed E-state index contributed by atoms with van der Waals surface area (Å²) in [7, 11) is 0. The molecule has 0 spiro atoms. The van der Waals surface area contributed by atoms with Gasteiger partial charge in [-0.1, -0.05) is 6.07 Å². The van der Waals surface area contributed by atoms with E-state index in [4.69, 9.17) is 9.84 Å². The monoisotopic (exact) mass is 333 g/mol. The van der Waals surface area contributed by atoms with Crippen molar-refractivity contribution >= 4 is 11.6 Å². The molecule has 4 nitrogen and oxygen atoms in total. The number of rotatable bonds is 6. The number of ether oxygens (including phenoxy) is 1. The van der Waals surface area contributed by atoms with Gasteiger partial charge in [-0.15, -0.1) is 0 Å². The second-order valence-corrected chi connectivity index (χ2v) is 5.70. The Morgan fingerprint density at radius 2 is 1.96 bits per heavy atom. The third-order valence-electron chi connectivity index (χ3n) is 3.97. The molecule has 0 aromatic heterocycles. The third-order valence-corrected chi connectivity index (χ3v) is 3.97. The molecule has 0 heterocycles. The highest BCUT2D eigenvalue weighted by atomic mass is 19.1. The molecular weight excluding hydrogens is 316 g/mol. The van der Waals surface area contributed by atoms with Gasteiger partial charge in [0.15, 0.2) is 0 Å². The van der Waals surface area contributed by atoms with Crippen molar-refractivity contribution < 1.29 is 23.4 Å². The van der Waals surface area contributed by atoms with Crippen LogP contribution >= 0.6 is 0 Å². The summed E-state index contributed by atoms with van der Waals surface area (Å²) in [4.78, 5) is 12.2. The van der Waals surface area contributed by atoms with Gasteiger partial charge < -0.3 is 15.2 Å². The van der Waals surface area contributed by atoms with Crippen LogP contribution in [0, 0.1) is 17.6 Å². The first kappa shape index (κ1) is 16.4. The van der Waals surface area contributed by atoms with Crippen LogP contribution in [0.3, 0.4) is 0 Å². The van der Waals surface area contributed by atoms with E-state index in [1.54, 1.807) is 24.3 Å². The van der Waals surface area contributed by atoms with Crippen LogP contribution in [0.4, 0.5) is 14.5 Å². The number of benzene rings is 2. The Kier molecular flexibility index (Phi) is 4.76. The van der Waals surface area contributed by atoms with E-state index in [1.165, 1.54) is 12.1 Å². The highest BCUT2D eigenvalue weighted by molar-refractivity contribution is 5.95. The number of aliphatic hydroxyl groups is 1. The van der Waals surface area contributed by atoms with E-state index in [1.807, 2.05) is 0 Å². The zero-order chi connectivity index (χ0) is 17.1. The number of aliphatic hydroxyl groups excluding tert-OH is 1. The molecule has 126 valence electrons. The smallest absolute Gasteiger partial charge is 0.228 e. The number of hydrogen-bond acceptors (Lipinski definition) is 3. The van der Waals surface area contributed by atoms with Crippen molar-refractivity contribution in [1.82, 2.24) is 0 Å². The van der Waals surface area contributed by atoms with Gasteiger partial charge in [-0.25, -0.2) is 8.78 Å². The van der Waals surface area contributed by atoms with Crippen LogP contribution in [0.1, 0.15) is 17.9 Å². The zero-order valence-corrected chi connectivity index (χ0v) is 12.8. The van der Waals surface area contributed by atoms with E-state index in [0.717, 1.165) is 6.07 Å². The molecule has 2 N–H and O–H groups in total. The van der Waals surface area contributed by atoms with Crippen molar-refractivity contribution in [3.8, 4) is 5.75 Å². The Hall–Kier alpha value is -2.47. The molecule has 1 fully saturated rings. The summed E-state index contributed by atoms with van der Waals surface area (Å²) in [6, 6.07) is 10.2. The molecule has 6 heteroatoms. The molecule has 2 aromatic rings. The Morgan fingerprint density at radius 1 is 1.21 bits per heavy atom. The minimum atomic E-state index is -0.624. The number of halogens is 2. The third kappa shape index (κ3) is 3.71. The normalized spacial score (nSPS) is 19.0. The minimum Gasteiger partial charge on any atom is -0.491 e. The van der Waals surface area contributed by atoms with Crippen molar-refractivity contribution in [1.29, 1.82) is 0 Å². The van der Waals surface area contributed by atoms with Gasteiger partial charge in [0, 0.05) is 17.7 Å². The summed E-state index contributed by atoms with van der Waals surface area (Å²) in [5.41, 5.74) is 0.992. The number of anilines is 1. The van der Waals surface area contributed by atoms with Crippen LogP contribution in [-0.4, -0.2) is 24.2 Å². The fourth-order valence-corrected chi connectivity index (χ4v) is 2.66. The maximum Gasteiger partial charge on any atom is 0.228 e.